The van der Waals surface area contributed by atoms with Gasteiger partial charge in [0.1, 0.15) is 5.75 Å². The zero-order valence-electron chi connectivity index (χ0n) is 11.7. The highest BCUT2D eigenvalue weighted by Gasteiger charge is 2.24. The van der Waals surface area contributed by atoms with Gasteiger partial charge in [-0.3, -0.25) is 0 Å². The highest BCUT2D eigenvalue weighted by atomic mass is 19.3. The minimum atomic E-state index is -2.86. The number of aliphatic hydroxyl groups is 2. The molecule has 0 heterocycles. The summed E-state index contributed by atoms with van der Waals surface area (Å²) in [5.74, 6) is 0.143. The Hall–Kier alpha value is -1.24. The predicted octanol–water partition coefficient (Wildman–Crippen LogP) is 1.71. The summed E-state index contributed by atoms with van der Waals surface area (Å²) in [5, 5.41) is 18.5. The molecule has 0 aliphatic heterocycles. The summed E-state index contributed by atoms with van der Waals surface area (Å²) in [5.41, 5.74) is 0.00122. The number of benzene rings is 1. The third kappa shape index (κ3) is 5.03. The van der Waals surface area contributed by atoms with Crippen LogP contribution in [-0.4, -0.2) is 48.5 Å². The third-order valence-corrected chi connectivity index (χ3v) is 3.04. The van der Waals surface area contributed by atoms with E-state index < -0.39 is 12.0 Å². The standard InChI is InChI=1S/C14H21F2NO3/c1-14(9-18,10-19)8-17(2)7-11-5-3-4-6-12(11)20-13(15)16/h3-6,13,18-19H,7-10H2,1-2H3. The van der Waals surface area contributed by atoms with Crippen LogP contribution in [0.1, 0.15) is 12.5 Å². The van der Waals surface area contributed by atoms with Crippen molar-refractivity contribution in [2.45, 2.75) is 20.1 Å². The quantitative estimate of drug-likeness (QED) is 0.765. The first kappa shape index (κ1) is 16.8. The van der Waals surface area contributed by atoms with Crippen LogP contribution >= 0.6 is 0 Å². The minimum absolute atomic E-state index is 0.143. The van der Waals surface area contributed by atoms with Crippen LogP contribution in [0.5, 0.6) is 5.75 Å². The molecule has 0 spiro atoms. The van der Waals surface area contributed by atoms with Crippen molar-refractivity contribution < 1.29 is 23.7 Å². The molecular formula is C14H21F2NO3. The molecule has 0 aliphatic rings. The van der Waals surface area contributed by atoms with E-state index in [1.54, 1.807) is 32.2 Å². The smallest absolute Gasteiger partial charge is 0.387 e. The molecule has 114 valence electrons. The minimum Gasteiger partial charge on any atom is -0.434 e. The maximum atomic E-state index is 12.3. The average Bonchev–Trinajstić information content (AvgIpc) is 2.40. The Kier molecular flexibility index (Phi) is 6.32. The van der Waals surface area contributed by atoms with Crippen molar-refractivity contribution in [2.24, 2.45) is 5.41 Å². The zero-order valence-corrected chi connectivity index (χ0v) is 11.7. The number of halogens is 2. The van der Waals surface area contributed by atoms with E-state index in [-0.39, 0.29) is 19.0 Å². The Morgan fingerprint density at radius 2 is 1.85 bits per heavy atom. The van der Waals surface area contributed by atoms with Crippen molar-refractivity contribution in [1.82, 2.24) is 4.90 Å². The number of nitrogens with zero attached hydrogens (tertiary/aromatic N) is 1. The maximum absolute atomic E-state index is 12.3. The first-order chi connectivity index (χ1) is 9.40. The molecule has 0 saturated heterocycles. The fourth-order valence-electron chi connectivity index (χ4n) is 1.99. The molecule has 0 saturated carbocycles. The van der Waals surface area contributed by atoms with Crippen LogP contribution in [0.3, 0.4) is 0 Å². The third-order valence-electron chi connectivity index (χ3n) is 3.04. The fourth-order valence-corrected chi connectivity index (χ4v) is 1.99. The van der Waals surface area contributed by atoms with Gasteiger partial charge >= 0.3 is 6.61 Å². The van der Waals surface area contributed by atoms with Crippen LogP contribution in [0.4, 0.5) is 8.78 Å². The van der Waals surface area contributed by atoms with Crippen molar-refractivity contribution in [1.29, 1.82) is 0 Å². The van der Waals surface area contributed by atoms with E-state index in [1.165, 1.54) is 6.07 Å². The normalized spacial score (nSPS) is 12.2. The van der Waals surface area contributed by atoms with Crippen LogP contribution in [0.15, 0.2) is 24.3 Å². The molecule has 6 heteroatoms. The maximum Gasteiger partial charge on any atom is 0.387 e. The van der Waals surface area contributed by atoms with E-state index in [9.17, 15) is 19.0 Å². The molecular weight excluding hydrogens is 268 g/mol. The summed E-state index contributed by atoms with van der Waals surface area (Å²) >= 11 is 0. The monoisotopic (exact) mass is 289 g/mol. The molecule has 20 heavy (non-hydrogen) atoms. The van der Waals surface area contributed by atoms with Crippen LogP contribution in [0.2, 0.25) is 0 Å². The topological polar surface area (TPSA) is 52.9 Å². The van der Waals surface area contributed by atoms with E-state index in [0.717, 1.165) is 0 Å². The van der Waals surface area contributed by atoms with Gasteiger partial charge in [0.15, 0.2) is 0 Å². The molecule has 2 N–H and O–H groups in total. The van der Waals surface area contributed by atoms with Gasteiger partial charge in [-0.2, -0.15) is 8.78 Å². The number of hydrogen-bond donors (Lipinski definition) is 2. The molecule has 0 radical (unpaired) electrons. The van der Waals surface area contributed by atoms with Gasteiger partial charge in [0.05, 0.1) is 13.2 Å². The average molecular weight is 289 g/mol. The lowest BCUT2D eigenvalue weighted by molar-refractivity contribution is -0.0508. The van der Waals surface area contributed by atoms with Gasteiger partial charge in [0.2, 0.25) is 0 Å². The van der Waals surface area contributed by atoms with Crippen LogP contribution in [0.25, 0.3) is 0 Å². The number of aliphatic hydroxyl groups excluding tert-OH is 2. The Morgan fingerprint density at radius 1 is 1.25 bits per heavy atom. The molecule has 0 amide bonds. The van der Waals surface area contributed by atoms with Crippen molar-refractivity contribution in [2.75, 3.05) is 26.8 Å². The van der Waals surface area contributed by atoms with Crippen molar-refractivity contribution in [3.8, 4) is 5.75 Å². The van der Waals surface area contributed by atoms with E-state index in [1.807, 2.05) is 4.90 Å². The van der Waals surface area contributed by atoms with Crippen LogP contribution in [-0.2, 0) is 6.54 Å². The summed E-state index contributed by atoms with van der Waals surface area (Å²) in [7, 11) is 1.79. The van der Waals surface area contributed by atoms with Crippen LogP contribution < -0.4 is 4.74 Å². The highest BCUT2D eigenvalue weighted by Crippen LogP contribution is 2.23. The summed E-state index contributed by atoms with van der Waals surface area (Å²) in [6.45, 7) is -0.583. The van der Waals surface area contributed by atoms with Gasteiger partial charge < -0.3 is 19.8 Å². The second-order valence-corrected chi connectivity index (χ2v) is 5.29. The number of hydrogen-bond acceptors (Lipinski definition) is 4. The van der Waals surface area contributed by atoms with Crippen molar-refractivity contribution in [3.05, 3.63) is 29.8 Å². The second kappa shape index (κ2) is 7.52. The number of para-hydroxylation sites is 1. The Morgan fingerprint density at radius 3 is 2.40 bits per heavy atom. The number of rotatable bonds is 8. The lowest BCUT2D eigenvalue weighted by Crippen LogP contribution is -2.38. The molecule has 0 bridgehead atoms. The molecule has 1 rings (SSSR count). The first-order valence-electron chi connectivity index (χ1n) is 6.33. The summed E-state index contributed by atoms with van der Waals surface area (Å²) in [6.07, 6.45) is 0. The molecule has 1 aromatic carbocycles. The molecule has 0 aliphatic carbocycles. The second-order valence-electron chi connectivity index (χ2n) is 5.29. The molecule has 0 aromatic heterocycles. The first-order valence-corrected chi connectivity index (χ1v) is 6.33. The Bertz CT molecular complexity index is 411. The Labute approximate surface area is 117 Å². The summed E-state index contributed by atoms with van der Waals surface area (Å²) in [4.78, 5) is 1.85. The van der Waals surface area contributed by atoms with Crippen molar-refractivity contribution in [3.63, 3.8) is 0 Å². The van der Waals surface area contributed by atoms with Gasteiger partial charge in [-0.15, -0.1) is 0 Å². The Balaban J connectivity index is 2.73. The van der Waals surface area contributed by atoms with Gasteiger partial charge in [0, 0.05) is 24.1 Å². The molecule has 0 atom stereocenters. The number of alkyl halides is 2. The molecule has 0 unspecified atom stereocenters. The van der Waals surface area contributed by atoms with E-state index in [4.69, 9.17) is 0 Å². The van der Waals surface area contributed by atoms with Crippen LogP contribution in [0, 0.1) is 5.41 Å². The van der Waals surface area contributed by atoms with Crippen molar-refractivity contribution >= 4 is 0 Å². The molecule has 1 aromatic rings. The zero-order chi connectivity index (χ0) is 15.2. The van der Waals surface area contributed by atoms with Gasteiger partial charge in [-0.05, 0) is 13.1 Å². The fraction of sp³-hybridized carbons (Fsp3) is 0.571. The van der Waals surface area contributed by atoms with Gasteiger partial charge in [0.25, 0.3) is 0 Å². The lowest BCUT2D eigenvalue weighted by Gasteiger charge is -2.30. The summed E-state index contributed by atoms with van der Waals surface area (Å²) in [6, 6.07) is 6.58. The van der Waals surface area contributed by atoms with Gasteiger partial charge in [-0.25, -0.2) is 0 Å². The largest absolute Gasteiger partial charge is 0.434 e. The predicted molar refractivity (Wildman–Crippen MR) is 71.7 cm³/mol. The number of ether oxygens (including phenoxy) is 1. The highest BCUT2D eigenvalue weighted by molar-refractivity contribution is 5.33. The van der Waals surface area contributed by atoms with E-state index in [0.29, 0.717) is 18.7 Å². The van der Waals surface area contributed by atoms with E-state index in [2.05, 4.69) is 4.74 Å². The van der Waals surface area contributed by atoms with Gasteiger partial charge in [-0.1, -0.05) is 25.1 Å². The van der Waals surface area contributed by atoms with E-state index >= 15 is 0 Å². The molecule has 4 nitrogen and oxygen atoms in total. The lowest BCUT2D eigenvalue weighted by atomic mass is 9.92. The summed E-state index contributed by atoms with van der Waals surface area (Å²) < 4.78 is 29.1. The molecule has 0 fully saturated rings. The SMILES string of the molecule is CN(Cc1ccccc1OC(F)F)CC(C)(CO)CO.